The van der Waals surface area contributed by atoms with Crippen LogP contribution in [0.2, 0.25) is 0 Å². The van der Waals surface area contributed by atoms with E-state index >= 15 is 0 Å². The summed E-state index contributed by atoms with van der Waals surface area (Å²) < 4.78 is 68.7. The van der Waals surface area contributed by atoms with E-state index in [2.05, 4.69) is 34.6 Å². The SMILES string of the molecule is CCCCCCCCCCCCCCCCCCCCCCCC(=O)O[C@H](COC(=O)CCCCCCCCCCCCCCCCCC)COP(=O)(O)OC[C@@H](O)COP(=O)(O)OC[C@@H](COC(=O)CCCCCCCCCC(C)C)OC(=O)CCCCCCCCCCCCCCCC. The summed E-state index contributed by atoms with van der Waals surface area (Å²) in [6.07, 6.45) is 66.7. The zero-order chi connectivity index (χ0) is 74.1. The largest absolute Gasteiger partial charge is 0.472 e. The van der Waals surface area contributed by atoms with Gasteiger partial charge in [0.15, 0.2) is 12.2 Å². The van der Waals surface area contributed by atoms with Crippen LogP contribution in [-0.2, 0) is 65.4 Å². The van der Waals surface area contributed by atoms with Gasteiger partial charge in [-0.05, 0) is 31.6 Å². The Morgan fingerprint density at radius 3 is 0.673 bits per heavy atom. The lowest BCUT2D eigenvalue weighted by Gasteiger charge is -2.21. The number of unbranched alkanes of at least 4 members (excludes halogenated alkanes) is 54. The lowest BCUT2D eigenvalue weighted by Crippen LogP contribution is -2.30. The van der Waals surface area contributed by atoms with Crippen molar-refractivity contribution in [2.75, 3.05) is 39.6 Å². The van der Waals surface area contributed by atoms with Crippen molar-refractivity contribution in [3.05, 3.63) is 0 Å². The molecule has 2 unspecified atom stereocenters. The molecule has 0 aromatic heterocycles. The van der Waals surface area contributed by atoms with Crippen molar-refractivity contribution in [1.29, 1.82) is 0 Å². The van der Waals surface area contributed by atoms with Gasteiger partial charge in [0.05, 0.1) is 26.4 Å². The number of ether oxygens (including phenoxy) is 4. The molecular formula is C82H160O17P2. The minimum absolute atomic E-state index is 0.108. The summed E-state index contributed by atoms with van der Waals surface area (Å²) >= 11 is 0. The van der Waals surface area contributed by atoms with Crippen molar-refractivity contribution in [1.82, 2.24) is 0 Å². The molecule has 19 heteroatoms. The number of phosphoric acid groups is 2. The first-order valence-corrected chi connectivity index (χ1v) is 45.6. The minimum atomic E-state index is -4.96. The second-order valence-electron chi connectivity index (χ2n) is 30.0. The van der Waals surface area contributed by atoms with Crippen LogP contribution in [-0.4, -0.2) is 96.7 Å². The zero-order valence-corrected chi connectivity index (χ0v) is 67.8. The van der Waals surface area contributed by atoms with Gasteiger partial charge in [-0.15, -0.1) is 0 Å². The first-order valence-electron chi connectivity index (χ1n) is 42.6. The van der Waals surface area contributed by atoms with Gasteiger partial charge in [-0.25, -0.2) is 9.13 Å². The Bertz CT molecular complexity index is 1930. The van der Waals surface area contributed by atoms with Gasteiger partial charge in [0.1, 0.15) is 19.3 Å². The standard InChI is InChI=1S/C82H160O17P2/c1-6-9-12-15-18-21-24-27-30-32-33-34-35-36-38-41-44-47-52-58-63-68-81(86)98-77(71-92-79(84)65-60-55-50-45-42-40-37-31-28-25-22-19-16-13-10-7-2)73-96-100(88,89)94-69-76(83)70-95-101(90,91)97-74-78(72-93-80(85)66-61-56-53-48-49-54-59-64-75(4)5)99-82(87)67-62-57-51-46-43-39-29-26-23-20-17-14-11-8-3/h75-78,83H,6-74H2,1-5H3,(H,88,89)(H,90,91)/t76-,77-,78-/m1/s1. The fourth-order valence-electron chi connectivity index (χ4n) is 12.8. The maximum Gasteiger partial charge on any atom is 0.472 e. The molecule has 600 valence electrons. The summed E-state index contributed by atoms with van der Waals surface area (Å²) in [6.45, 7) is 7.28. The number of phosphoric ester groups is 2. The average Bonchev–Trinajstić information content (AvgIpc) is 1.01. The molecule has 0 radical (unpaired) electrons. The van der Waals surface area contributed by atoms with E-state index in [0.717, 1.165) is 96.3 Å². The molecule has 0 aromatic rings. The third-order valence-corrected chi connectivity index (χ3v) is 21.2. The van der Waals surface area contributed by atoms with E-state index in [1.807, 2.05) is 0 Å². The maximum absolute atomic E-state index is 13.1. The lowest BCUT2D eigenvalue weighted by atomic mass is 10.0. The van der Waals surface area contributed by atoms with Crippen LogP contribution < -0.4 is 0 Å². The maximum atomic E-state index is 13.1. The van der Waals surface area contributed by atoms with Crippen LogP contribution in [0.15, 0.2) is 0 Å². The van der Waals surface area contributed by atoms with E-state index in [4.69, 9.17) is 37.0 Å². The molecule has 0 aliphatic carbocycles. The van der Waals surface area contributed by atoms with Crippen LogP contribution >= 0.6 is 15.6 Å². The number of rotatable bonds is 82. The molecule has 101 heavy (non-hydrogen) atoms. The molecule has 0 rings (SSSR count). The van der Waals surface area contributed by atoms with Crippen molar-refractivity contribution < 1.29 is 80.2 Å². The summed E-state index contributed by atoms with van der Waals surface area (Å²) in [5, 5.41) is 10.6. The number of carbonyl (C=O) groups is 4. The molecule has 0 saturated carbocycles. The van der Waals surface area contributed by atoms with Crippen LogP contribution in [0, 0.1) is 5.92 Å². The highest BCUT2D eigenvalue weighted by atomic mass is 31.2. The quantitative estimate of drug-likeness (QED) is 0.0222. The highest BCUT2D eigenvalue weighted by Crippen LogP contribution is 2.45. The topological polar surface area (TPSA) is 237 Å². The van der Waals surface area contributed by atoms with Gasteiger partial charge < -0.3 is 33.8 Å². The second kappa shape index (κ2) is 74.9. The summed E-state index contributed by atoms with van der Waals surface area (Å²) in [5.74, 6) is -1.40. The summed E-state index contributed by atoms with van der Waals surface area (Å²) in [4.78, 5) is 73.0. The number of hydrogen-bond acceptors (Lipinski definition) is 15. The second-order valence-corrected chi connectivity index (χ2v) is 32.9. The Kier molecular flexibility index (Phi) is 73.5. The molecule has 0 bridgehead atoms. The number of aliphatic hydroxyl groups excluding tert-OH is 1. The predicted molar refractivity (Wildman–Crippen MR) is 414 cm³/mol. The highest BCUT2D eigenvalue weighted by molar-refractivity contribution is 7.47. The number of aliphatic hydroxyl groups is 1. The Labute approximate surface area is 619 Å². The molecule has 0 aromatic carbocycles. The van der Waals surface area contributed by atoms with Gasteiger partial charge in [-0.1, -0.05) is 388 Å². The van der Waals surface area contributed by atoms with Gasteiger partial charge in [0, 0.05) is 25.7 Å². The molecule has 0 amide bonds. The lowest BCUT2D eigenvalue weighted by molar-refractivity contribution is -0.161. The van der Waals surface area contributed by atoms with E-state index in [1.54, 1.807) is 0 Å². The molecule has 0 aliphatic rings. The molecule has 0 saturated heterocycles. The average molecular weight is 1480 g/mol. The van der Waals surface area contributed by atoms with Crippen LogP contribution in [0.5, 0.6) is 0 Å². The van der Waals surface area contributed by atoms with Crippen LogP contribution in [0.25, 0.3) is 0 Å². The van der Waals surface area contributed by atoms with E-state index in [-0.39, 0.29) is 25.7 Å². The van der Waals surface area contributed by atoms with Gasteiger partial charge in [0.2, 0.25) is 0 Å². The van der Waals surface area contributed by atoms with Crippen LogP contribution in [0.4, 0.5) is 0 Å². The first kappa shape index (κ1) is 99.1. The Hall–Kier alpha value is -1.94. The van der Waals surface area contributed by atoms with Gasteiger partial charge in [-0.2, -0.15) is 0 Å². The zero-order valence-electron chi connectivity index (χ0n) is 66.1. The van der Waals surface area contributed by atoms with Crippen molar-refractivity contribution in [3.8, 4) is 0 Å². The van der Waals surface area contributed by atoms with Gasteiger partial charge in [-0.3, -0.25) is 37.3 Å². The van der Waals surface area contributed by atoms with E-state index < -0.39 is 97.5 Å². The molecule has 0 spiro atoms. The monoisotopic (exact) mass is 1480 g/mol. The van der Waals surface area contributed by atoms with Crippen molar-refractivity contribution in [2.45, 2.75) is 457 Å². The Balaban J connectivity index is 5.22. The van der Waals surface area contributed by atoms with E-state index in [0.29, 0.717) is 31.6 Å². The molecule has 0 heterocycles. The highest BCUT2D eigenvalue weighted by Gasteiger charge is 2.30. The minimum Gasteiger partial charge on any atom is -0.462 e. The first-order chi connectivity index (χ1) is 49.0. The van der Waals surface area contributed by atoms with Crippen LogP contribution in [0.3, 0.4) is 0 Å². The van der Waals surface area contributed by atoms with Crippen molar-refractivity contribution >= 4 is 39.5 Å². The number of hydrogen-bond donors (Lipinski definition) is 3. The smallest absolute Gasteiger partial charge is 0.462 e. The fourth-order valence-corrected chi connectivity index (χ4v) is 14.3. The van der Waals surface area contributed by atoms with Crippen molar-refractivity contribution in [2.24, 2.45) is 5.92 Å². The normalized spacial score (nSPS) is 13.8. The third kappa shape index (κ3) is 76.1. The third-order valence-electron chi connectivity index (χ3n) is 19.3. The number of esters is 4. The molecule has 3 N–H and O–H groups in total. The molecule has 0 aliphatic heterocycles. The molecule has 5 atom stereocenters. The molecule has 0 fully saturated rings. The summed E-state index contributed by atoms with van der Waals surface area (Å²) in [6, 6.07) is 0. The predicted octanol–water partition coefficient (Wildman–Crippen LogP) is 24.8. The van der Waals surface area contributed by atoms with E-state index in [9.17, 15) is 43.2 Å². The molecular weight excluding hydrogens is 1320 g/mol. The van der Waals surface area contributed by atoms with E-state index in [1.165, 1.54) is 257 Å². The number of carbonyl (C=O) groups excluding carboxylic acids is 4. The summed E-state index contributed by atoms with van der Waals surface area (Å²) in [7, 11) is -9.92. The summed E-state index contributed by atoms with van der Waals surface area (Å²) in [5.41, 5.74) is 0. The van der Waals surface area contributed by atoms with Crippen LogP contribution in [0.1, 0.15) is 439 Å². The Morgan fingerprint density at radius 1 is 0.267 bits per heavy atom. The van der Waals surface area contributed by atoms with Crippen molar-refractivity contribution in [3.63, 3.8) is 0 Å². The van der Waals surface area contributed by atoms with Gasteiger partial charge in [0.25, 0.3) is 0 Å². The molecule has 17 nitrogen and oxygen atoms in total. The fraction of sp³-hybridized carbons (Fsp3) is 0.951. The Morgan fingerprint density at radius 2 is 0.455 bits per heavy atom. The van der Waals surface area contributed by atoms with Gasteiger partial charge >= 0.3 is 39.5 Å².